The fourth-order valence-electron chi connectivity index (χ4n) is 3.03. The number of hydrogen-bond acceptors (Lipinski definition) is 3. The van der Waals surface area contributed by atoms with E-state index in [4.69, 9.17) is 4.74 Å². The van der Waals surface area contributed by atoms with E-state index >= 15 is 0 Å². The number of thiophene rings is 1. The molecule has 0 radical (unpaired) electrons. The molecule has 1 aliphatic carbocycles. The molecular formula is C16H27N3OS. The summed E-state index contributed by atoms with van der Waals surface area (Å²) in [5, 5.41) is 9.00. The van der Waals surface area contributed by atoms with Crippen molar-refractivity contribution in [1.82, 2.24) is 10.6 Å². The lowest BCUT2D eigenvalue weighted by Gasteiger charge is -2.29. The molecule has 0 saturated heterocycles. The molecule has 0 bridgehead atoms. The van der Waals surface area contributed by atoms with Crippen LogP contribution >= 0.6 is 11.3 Å². The molecule has 1 heterocycles. The van der Waals surface area contributed by atoms with Crippen molar-refractivity contribution in [2.75, 3.05) is 27.3 Å². The first-order valence-corrected chi connectivity index (χ1v) is 8.62. The third-order valence-corrected chi connectivity index (χ3v) is 5.24. The summed E-state index contributed by atoms with van der Waals surface area (Å²) in [6, 6.07) is 4.22. The second-order valence-corrected chi connectivity index (χ2v) is 6.84. The van der Waals surface area contributed by atoms with Crippen molar-refractivity contribution < 1.29 is 4.74 Å². The number of ether oxygens (including phenoxy) is 1. The Morgan fingerprint density at radius 3 is 2.81 bits per heavy atom. The van der Waals surface area contributed by atoms with Gasteiger partial charge >= 0.3 is 0 Å². The van der Waals surface area contributed by atoms with Crippen molar-refractivity contribution >= 4 is 17.3 Å². The summed E-state index contributed by atoms with van der Waals surface area (Å²) in [6.45, 7) is 2.67. The second-order valence-electron chi connectivity index (χ2n) is 5.81. The Kier molecular flexibility index (Phi) is 6.51. The van der Waals surface area contributed by atoms with Crippen molar-refractivity contribution in [2.24, 2.45) is 10.4 Å². The lowest BCUT2D eigenvalue weighted by atomic mass is 9.83. The van der Waals surface area contributed by atoms with Gasteiger partial charge in [0.05, 0.1) is 6.54 Å². The molecule has 1 aromatic heterocycles. The Morgan fingerprint density at radius 2 is 2.19 bits per heavy atom. The average molecular weight is 309 g/mol. The van der Waals surface area contributed by atoms with Gasteiger partial charge in [0.2, 0.25) is 0 Å². The molecule has 0 atom stereocenters. The highest BCUT2D eigenvalue weighted by molar-refractivity contribution is 7.09. The number of nitrogens with zero attached hydrogens (tertiary/aromatic N) is 1. The van der Waals surface area contributed by atoms with Crippen molar-refractivity contribution in [2.45, 2.75) is 38.6 Å². The summed E-state index contributed by atoms with van der Waals surface area (Å²) in [6.07, 6.45) is 6.41. The first-order chi connectivity index (χ1) is 10.3. The molecule has 0 aromatic carbocycles. The number of guanidine groups is 1. The molecular weight excluding hydrogens is 282 g/mol. The first kappa shape index (κ1) is 16.3. The largest absolute Gasteiger partial charge is 0.385 e. The molecule has 1 fully saturated rings. The highest BCUT2D eigenvalue weighted by Gasteiger charge is 2.33. The van der Waals surface area contributed by atoms with Crippen LogP contribution in [0.4, 0.5) is 0 Å². The van der Waals surface area contributed by atoms with E-state index in [-0.39, 0.29) is 0 Å². The van der Waals surface area contributed by atoms with Crippen LogP contribution in [-0.2, 0) is 11.3 Å². The lowest BCUT2D eigenvalue weighted by Crippen LogP contribution is -2.43. The number of hydrogen-bond donors (Lipinski definition) is 2. The van der Waals surface area contributed by atoms with E-state index in [1.807, 2.05) is 7.05 Å². The predicted molar refractivity (Wildman–Crippen MR) is 89.9 cm³/mol. The third kappa shape index (κ3) is 5.00. The summed E-state index contributed by atoms with van der Waals surface area (Å²) in [5.41, 5.74) is 0.385. The Balaban J connectivity index is 1.80. The van der Waals surface area contributed by atoms with Crippen molar-refractivity contribution in [3.8, 4) is 0 Å². The zero-order valence-corrected chi connectivity index (χ0v) is 14.0. The lowest BCUT2D eigenvalue weighted by molar-refractivity contribution is 0.138. The summed E-state index contributed by atoms with van der Waals surface area (Å²) in [5.74, 6) is 0.895. The monoisotopic (exact) mass is 309 g/mol. The summed E-state index contributed by atoms with van der Waals surface area (Å²) >= 11 is 1.77. The van der Waals surface area contributed by atoms with Gasteiger partial charge in [-0.2, -0.15) is 0 Å². The molecule has 2 N–H and O–H groups in total. The van der Waals surface area contributed by atoms with Gasteiger partial charge in [0, 0.05) is 32.2 Å². The van der Waals surface area contributed by atoms with E-state index in [1.165, 1.54) is 30.6 Å². The van der Waals surface area contributed by atoms with Gasteiger partial charge in [-0.15, -0.1) is 11.3 Å². The number of methoxy groups -OCH3 is 1. The molecule has 1 aliphatic rings. The minimum atomic E-state index is 0.385. The smallest absolute Gasteiger partial charge is 0.191 e. The Morgan fingerprint density at radius 1 is 1.38 bits per heavy atom. The van der Waals surface area contributed by atoms with Crippen LogP contribution in [0.5, 0.6) is 0 Å². The molecule has 0 unspecified atom stereocenters. The number of nitrogens with one attached hydrogen (secondary N) is 2. The van der Waals surface area contributed by atoms with Crippen LogP contribution in [-0.4, -0.2) is 33.3 Å². The molecule has 1 aromatic rings. The van der Waals surface area contributed by atoms with Crippen LogP contribution in [0.1, 0.15) is 37.0 Å². The molecule has 0 spiro atoms. The van der Waals surface area contributed by atoms with Gasteiger partial charge < -0.3 is 15.4 Å². The Labute approximate surface area is 132 Å². The van der Waals surface area contributed by atoms with Crippen LogP contribution in [0.2, 0.25) is 0 Å². The molecule has 21 heavy (non-hydrogen) atoms. The third-order valence-electron chi connectivity index (χ3n) is 4.37. The van der Waals surface area contributed by atoms with Crippen LogP contribution in [0.25, 0.3) is 0 Å². The van der Waals surface area contributed by atoms with Gasteiger partial charge in [-0.3, -0.25) is 4.99 Å². The zero-order valence-electron chi connectivity index (χ0n) is 13.2. The predicted octanol–water partition coefficient (Wildman–Crippen LogP) is 3.01. The fourth-order valence-corrected chi connectivity index (χ4v) is 3.68. The van der Waals surface area contributed by atoms with Crippen molar-refractivity contribution in [3.05, 3.63) is 22.4 Å². The topological polar surface area (TPSA) is 45.7 Å². The second kappa shape index (κ2) is 8.39. The van der Waals surface area contributed by atoms with E-state index in [2.05, 4.69) is 33.1 Å². The van der Waals surface area contributed by atoms with Crippen LogP contribution < -0.4 is 10.6 Å². The molecule has 1 saturated carbocycles. The van der Waals surface area contributed by atoms with Gasteiger partial charge in [-0.1, -0.05) is 18.9 Å². The molecule has 2 rings (SSSR count). The summed E-state index contributed by atoms with van der Waals surface area (Å²) in [4.78, 5) is 5.65. The molecule has 4 nitrogen and oxygen atoms in total. The Hall–Kier alpha value is -1.07. The molecule has 0 amide bonds. The standard InChI is InChI=1S/C16H27N3OS/c1-17-15(18-12-14-6-5-11-21-14)19-13-16(9-10-20-2)7-3-4-8-16/h5-6,11H,3-4,7-10,12-13H2,1-2H3,(H2,17,18,19). The van der Waals surface area contributed by atoms with Crippen molar-refractivity contribution in [3.63, 3.8) is 0 Å². The van der Waals surface area contributed by atoms with Crippen LogP contribution in [0.3, 0.4) is 0 Å². The quantitative estimate of drug-likeness (QED) is 0.601. The first-order valence-electron chi connectivity index (χ1n) is 7.74. The number of aliphatic imine (C=N–C) groups is 1. The summed E-state index contributed by atoms with van der Waals surface area (Å²) < 4.78 is 5.29. The molecule has 118 valence electrons. The maximum atomic E-state index is 5.29. The number of rotatable bonds is 7. The highest BCUT2D eigenvalue weighted by atomic mass is 32.1. The van der Waals surface area contributed by atoms with Crippen LogP contribution in [0.15, 0.2) is 22.5 Å². The molecule has 0 aliphatic heterocycles. The van der Waals surface area contributed by atoms with E-state index in [1.54, 1.807) is 18.4 Å². The minimum Gasteiger partial charge on any atom is -0.385 e. The summed E-state index contributed by atoms with van der Waals surface area (Å²) in [7, 11) is 3.62. The minimum absolute atomic E-state index is 0.385. The maximum Gasteiger partial charge on any atom is 0.191 e. The van der Waals surface area contributed by atoms with Gasteiger partial charge in [-0.25, -0.2) is 0 Å². The van der Waals surface area contributed by atoms with Gasteiger partial charge in [0.15, 0.2) is 5.96 Å². The van der Waals surface area contributed by atoms with E-state index < -0.39 is 0 Å². The van der Waals surface area contributed by atoms with Gasteiger partial charge in [-0.05, 0) is 36.1 Å². The average Bonchev–Trinajstić information content (AvgIpc) is 3.17. The van der Waals surface area contributed by atoms with Crippen LogP contribution in [0, 0.1) is 5.41 Å². The Bertz CT molecular complexity index is 425. The maximum absolute atomic E-state index is 5.29. The highest BCUT2D eigenvalue weighted by Crippen LogP contribution is 2.40. The van der Waals surface area contributed by atoms with E-state index in [9.17, 15) is 0 Å². The molecule has 5 heteroatoms. The van der Waals surface area contributed by atoms with Gasteiger partial charge in [0.25, 0.3) is 0 Å². The van der Waals surface area contributed by atoms with Crippen molar-refractivity contribution in [1.29, 1.82) is 0 Å². The SMILES string of the molecule is CN=C(NCc1cccs1)NCC1(CCOC)CCCC1. The zero-order chi connectivity index (χ0) is 15.0. The normalized spacial score (nSPS) is 17.9. The van der Waals surface area contributed by atoms with Gasteiger partial charge in [0.1, 0.15) is 0 Å². The van der Waals surface area contributed by atoms with E-state index in [0.29, 0.717) is 5.41 Å². The fraction of sp³-hybridized carbons (Fsp3) is 0.688. The van der Waals surface area contributed by atoms with E-state index in [0.717, 1.165) is 32.1 Å².